The third-order valence-corrected chi connectivity index (χ3v) is 4.15. The smallest absolute Gasteiger partial charge is 0.410 e. The molecular formula is C17H22N4O2. The number of carbonyl (C=O) groups is 1. The molecule has 3 heterocycles. The van der Waals surface area contributed by atoms with Crippen LogP contribution in [0.4, 0.5) is 4.79 Å². The summed E-state index contributed by atoms with van der Waals surface area (Å²) in [5.74, 6) is 0.266. The molecule has 1 aliphatic rings. The first-order valence-corrected chi connectivity index (χ1v) is 7.93. The summed E-state index contributed by atoms with van der Waals surface area (Å²) in [6, 6.07) is 3.79. The van der Waals surface area contributed by atoms with Gasteiger partial charge in [0.2, 0.25) is 0 Å². The van der Waals surface area contributed by atoms with E-state index < -0.39 is 0 Å². The number of pyridine rings is 1. The Bertz CT molecular complexity index is 678. The molecule has 2 aromatic heterocycles. The van der Waals surface area contributed by atoms with Crippen molar-refractivity contribution in [2.45, 2.75) is 39.8 Å². The highest BCUT2D eigenvalue weighted by Gasteiger charge is 2.35. The molecule has 23 heavy (non-hydrogen) atoms. The second-order valence-electron chi connectivity index (χ2n) is 6.28. The topological polar surface area (TPSA) is 71.1 Å². The maximum absolute atomic E-state index is 12.5. The van der Waals surface area contributed by atoms with E-state index in [9.17, 15) is 4.79 Å². The summed E-state index contributed by atoms with van der Waals surface area (Å²) in [6.07, 6.45) is 3.94. The Hall–Kier alpha value is -2.37. The summed E-state index contributed by atoms with van der Waals surface area (Å²) in [7, 11) is 0. The molecule has 1 aliphatic heterocycles. The summed E-state index contributed by atoms with van der Waals surface area (Å²) >= 11 is 0. The molecule has 1 unspecified atom stereocenters. The summed E-state index contributed by atoms with van der Waals surface area (Å²) in [5.41, 5.74) is 3.91. The number of nitrogens with zero attached hydrogens (tertiary/aromatic N) is 3. The van der Waals surface area contributed by atoms with E-state index >= 15 is 0 Å². The molecule has 0 fully saturated rings. The van der Waals surface area contributed by atoms with Gasteiger partial charge >= 0.3 is 6.09 Å². The Kier molecular flexibility index (Phi) is 4.32. The van der Waals surface area contributed by atoms with Gasteiger partial charge in [0, 0.05) is 24.9 Å². The highest BCUT2D eigenvalue weighted by molar-refractivity contribution is 5.68. The van der Waals surface area contributed by atoms with Gasteiger partial charge in [0.15, 0.2) is 0 Å². The molecule has 2 aromatic rings. The molecule has 1 amide bonds. The number of aromatic amines is 1. The first-order valence-electron chi connectivity index (χ1n) is 7.93. The van der Waals surface area contributed by atoms with E-state index in [2.05, 4.69) is 28.8 Å². The molecule has 6 nitrogen and oxygen atoms in total. The van der Waals surface area contributed by atoms with Crippen molar-refractivity contribution >= 4 is 6.09 Å². The van der Waals surface area contributed by atoms with Crippen LogP contribution in [0.5, 0.6) is 0 Å². The lowest BCUT2D eigenvalue weighted by atomic mass is 9.94. The van der Waals surface area contributed by atoms with E-state index in [-0.39, 0.29) is 24.7 Å². The molecule has 1 atom stereocenters. The molecule has 122 valence electrons. The first kappa shape index (κ1) is 15.5. The van der Waals surface area contributed by atoms with Gasteiger partial charge in [-0.1, -0.05) is 19.9 Å². The second-order valence-corrected chi connectivity index (χ2v) is 6.28. The minimum atomic E-state index is -0.306. The van der Waals surface area contributed by atoms with Gasteiger partial charge in [-0.3, -0.25) is 9.88 Å². The number of rotatable bonds is 3. The van der Waals surface area contributed by atoms with Gasteiger partial charge in [-0.15, -0.1) is 0 Å². The summed E-state index contributed by atoms with van der Waals surface area (Å²) in [6.45, 7) is 6.99. The van der Waals surface area contributed by atoms with E-state index in [1.165, 1.54) is 0 Å². The summed E-state index contributed by atoms with van der Waals surface area (Å²) in [4.78, 5) is 26.1. The van der Waals surface area contributed by atoms with Gasteiger partial charge in [0.1, 0.15) is 6.61 Å². The molecule has 1 N–H and O–H groups in total. The fourth-order valence-corrected chi connectivity index (χ4v) is 2.99. The molecule has 3 rings (SSSR count). The van der Waals surface area contributed by atoms with E-state index in [0.29, 0.717) is 6.54 Å². The molecular weight excluding hydrogens is 292 g/mol. The second kappa shape index (κ2) is 6.40. The number of imidazole rings is 1. The molecule has 0 bridgehead atoms. The van der Waals surface area contributed by atoms with Crippen LogP contribution < -0.4 is 0 Å². The van der Waals surface area contributed by atoms with Crippen molar-refractivity contribution in [2.75, 3.05) is 6.54 Å². The van der Waals surface area contributed by atoms with Crippen LogP contribution in [0.3, 0.4) is 0 Å². The van der Waals surface area contributed by atoms with E-state index in [1.807, 2.05) is 19.1 Å². The standard InChI is InChI=1S/C17H22N4O2/c1-11(2)16-15-14(19-10-20-15)6-7-21(16)17(22)23-9-13-5-4-12(3)8-18-13/h4-5,8,10-11,16H,6-7,9H2,1-3H3,(H,19,20). The van der Waals surface area contributed by atoms with E-state index in [4.69, 9.17) is 4.74 Å². The van der Waals surface area contributed by atoms with E-state index in [0.717, 1.165) is 29.1 Å². The molecule has 0 radical (unpaired) electrons. The zero-order chi connectivity index (χ0) is 16.4. The Morgan fingerprint density at radius 2 is 2.26 bits per heavy atom. The maximum atomic E-state index is 12.5. The highest BCUT2D eigenvalue weighted by Crippen LogP contribution is 2.33. The highest BCUT2D eigenvalue weighted by atomic mass is 16.6. The number of H-pyrrole nitrogens is 1. The van der Waals surface area contributed by atoms with Crippen LogP contribution in [-0.2, 0) is 17.8 Å². The SMILES string of the molecule is Cc1ccc(COC(=O)N2CCc3[nH]cnc3C2C(C)C)nc1. The number of amides is 1. The predicted octanol–water partition coefficient (Wildman–Crippen LogP) is 3.01. The number of hydrogen-bond acceptors (Lipinski definition) is 4. The molecule has 0 aliphatic carbocycles. The molecule has 0 saturated heterocycles. The number of ether oxygens (including phenoxy) is 1. The monoisotopic (exact) mass is 314 g/mol. The van der Waals surface area contributed by atoms with Crippen molar-refractivity contribution in [3.05, 3.63) is 47.3 Å². The van der Waals surface area contributed by atoms with Crippen molar-refractivity contribution < 1.29 is 9.53 Å². The Balaban J connectivity index is 1.70. The van der Waals surface area contributed by atoms with Gasteiger partial charge in [-0.25, -0.2) is 9.78 Å². The van der Waals surface area contributed by atoms with Crippen molar-refractivity contribution in [3.63, 3.8) is 0 Å². The lowest BCUT2D eigenvalue weighted by molar-refractivity contribution is 0.0644. The normalized spacial score (nSPS) is 17.2. The Morgan fingerprint density at radius 3 is 2.96 bits per heavy atom. The van der Waals surface area contributed by atoms with Crippen LogP contribution in [0.25, 0.3) is 0 Å². The van der Waals surface area contributed by atoms with E-state index in [1.54, 1.807) is 17.4 Å². The molecule has 6 heteroatoms. The first-order chi connectivity index (χ1) is 11.1. The van der Waals surface area contributed by atoms with Crippen molar-refractivity contribution in [3.8, 4) is 0 Å². The number of aryl methyl sites for hydroxylation is 1. The number of hydrogen-bond donors (Lipinski definition) is 1. The predicted molar refractivity (Wildman–Crippen MR) is 85.7 cm³/mol. The van der Waals surface area contributed by atoms with Crippen LogP contribution in [0.15, 0.2) is 24.7 Å². The van der Waals surface area contributed by atoms with Gasteiger partial charge in [0.25, 0.3) is 0 Å². The average molecular weight is 314 g/mol. The zero-order valence-corrected chi connectivity index (χ0v) is 13.7. The van der Waals surface area contributed by atoms with Gasteiger partial charge in [-0.05, 0) is 24.5 Å². The van der Waals surface area contributed by atoms with Crippen LogP contribution in [0.1, 0.15) is 42.5 Å². The summed E-state index contributed by atoms with van der Waals surface area (Å²) < 4.78 is 5.47. The van der Waals surface area contributed by atoms with Crippen molar-refractivity contribution in [1.82, 2.24) is 19.9 Å². The lowest BCUT2D eigenvalue weighted by Crippen LogP contribution is -2.42. The largest absolute Gasteiger partial charge is 0.443 e. The summed E-state index contributed by atoms with van der Waals surface area (Å²) in [5, 5.41) is 0. The van der Waals surface area contributed by atoms with Gasteiger partial charge in [0.05, 0.1) is 23.8 Å². The quantitative estimate of drug-likeness (QED) is 0.945. The van der Waals surface area contributed by atoms with Gasteiger partial charge in [-0.2, -0.15) is 0 Å². The number of carbonyl (C=O) groups excluding carboxylic acids is 1. The maximum Gasteiger partial charge on any atom is 0.410 e. The minimum Gasteiger partial charge on any atom is -0.443 e. The number of fused-ring (bicyclic) bond motifs is 1. The fourth-order valence-electron chi connectivity index (χ4n) is 2.99. The van der Waals surface area contributed by atoms with Crippen LogP contribution in [0.2, 0.25) is 0 Å². The molecule has 0 saturated carbocycles. The van der Waals surface area contributed by atoms with Crippen molar-refractivity contribution in [1.29, 1.82) is 0 Å². The molecule has 0 spiro atoms. The third-order valence-electron chi connectivity index (χ3n) is 4.15. The van der Waals surface area contributed by atoms with Crippen LogP contribution >= 0.6 is 0 Å². The lowest BCUT2D eigenvalue weighted by Gasteiger charge is -2.36. The van der Waals surface area contributed by atoms with Crippen molar-refractivity contribution in [2.24, 2.45) is 5.92 Å². The zero-order valence-electron chi connectivity index (χ0n) is 13.7. The number of aromatic nitrogens is 3. The Morgan fingerprint density at radius 1 is 1.43 bits per heavy atom. The van der Waals surface area contributed by atoms with Crippen LogP contribution in [-0.4, -0.2) is 32.5 Å². The minimum absolute atomic E-state index is 0.0523. The third kappa shape index (κ3) is 3.21. The fraction of sp³-hybridized carbons (Fsp3) is 0.471. The Labute approximate surface area is 135 Å². The van der Waals surface area contributed by atoms with Gasteiger partial charge < -0.3 is 9.72 Å². The molecule has 0 aromatic carbocycles. The number of nitrogens with one attached hydrogen (secondary N) is 1. The average Bonchev–Trinajstić information content (AvgIpc) is 3.01. The van der Waals surface area contributed by atoms with Crippen LogP contribution in [0, 0.1) is 12.8 Å².